The van der Waals surface area contributed by atoms with E-state index in [1.807, 2.05) is 24.7 Å². The maximum absolute atomic E-state index is 6.01. The summed E-state index contributed by atoms with van der Waals surface area (Å²) in [7, 11) is 0. The first-order valence-electron chi connectivity index (χ1n) is 9.03. The Morgan fingerprint density at radius 2 is 2.04 bits per heavy atom. The largest absolute Gasteiger partial charge is 0.379 e. The lowest BCUT2D eigenvalue weighted by Gasteiger charge is -2.43. The third-order valence-corrected chi connectivity index (χ3v) is 5.18. The van der Waals surface area contributed by atoms with Crippen LogP contribution in [0.3, 0.4) is 0 Å². The van der Waals surface area contributed by atoms with Gasteiger partial charge in [-0.25, -0.2) is 4.98 Å². The minimum atomic E-state index is 0.161. The summed E-state index contributed by atoms with van der Waals surface area (Å²) in [5.41, 5.74) is 1.44. The highest BCUT2D eigenvalue weighted by Gasteiger charge is 2.39. The van der Waals surface area contributed by atoms with Crippen molar-refractivity contribution in [3.05, 3.63) is 48.7 Å². The smallest absolute Gasteiger partial charge is 0.147 e. The molecule has 4 heterocycles. The molecule has 6 heteroatoms. The highest BCUT2D eigenvalue weighted by Crippen LogP contribution is 2.34. The Labute approximate surface area is 148 Å². The first-order valence-corrected chi connectivity index (χ1v) is 9.03. The summed E-state index contributed by atoms with van der Waals surface area (Å²) in [4.78, 5) is 17.9. The first kappa shape index (κ1) is 16.4. The second kappa shape index (κ2) is 7.45. The van der Waals surface area contributed by atoms with Crippen LogP contribution in [0.25, 0.3) is 0 Å². The van der Waals surface area contributed by atoms with Gasteiger partial charge in [0, 0.05) is 56.4 Å². The topological polar surface area (TPSA) is 54.4 Å². The van der Waals surface area contributed by atoms with Crippen molar-refractivity contribution in [2.75, 3.05) is 44.3 Å². The molecule has 1 spiro atoms. The minimum absolute atomic E-state index is 0.161. The maximum atomic E-state index is 6.01. The molecule has 0 unspecified atom stereocenters. The zero-order chi connectivity index (χ0) is 17.0. The molecule has 0 radical (unpaired) electrons. The molecule has 0 bridgehead atoms. The molecule has 0 N–H and O–H groups in total. The molecular formula is C19H25N5O. The zero-order valence-corrected chi connectivity index (χ0v) is 14.5. The number of anilines is 1. The van der Waals surface area contributed by atoms with Gasteiger partial charge in [-0.15, -0.1) is 0 Å². The molecule has 1 atom stereocenters. The molecular weight excluding hydrogens is 314 g/mol. The van der Waals surface area contributed by atoms with Crippen LogP contribution in [0.1, 0.15) is 18.4 Å². The van der Waals surface area contributed by atoms with E-state index in [-0.39, 0.29) is 5.41 Å². The second-order valence-corrected chi connectivity index (χ2v) is 7.21. The van der Waals surface area contributed by atoms with Gasteiger partial charge in [0.15, 0.2) is 0 Å². The predicted molar refractivity (Wildman–Crippen MR) is 96.2 cm³/mol. The molecule has 132 valence electrons. The van der Waals surface area contributed by atoms with Gasteiger partial charge < -0.3 is 9.64 Å². The summed E-state index contributed by atoms with van der Waals surface area (Å²) in [6.45, 7) is 6.59. The summed E-state index contributed by atoms with van der Waals surface area (Å²) >= 11 is 0. The molecule has 4 rings (SSSR count). The van der Waals surface area contributed by atoms with Crippen molar-refractivity contribution in [3.8, 4) is 0 Å². The molecule has 6 nitrogen and oxygen atoms in total. The molecule has 2 aromatic rings. The standard InChI is InChI=1S/C19H25N5O/c1-3-17(11-20-5-1)13-23-8-2-4-19(14-23)15-24(9-10-25-16-19)18-12-21-6-7-22-18/h1,3,5-7,11-12H,2,4,8-10,13-16H2/t19-/m1/s1. The maximum Gasteiger partial charge on any atom is 0.147 e. The van der Waals surface area contributed by atoms with E-state index in [0.29, 0.717) is 0 Å². The Hall–Kier alpha value is -2.05. The Morgan fingerprint density at radius 3 is 2.88 bits per heavy atom. The molecule has 2 saturated heterocycles. The molecule has 2 aliphatic heterocycles. The van der Waals surface area contributed by atoms with Crippen LogP contribution >= 0.6 is 0 Å². The Bertz CT molecular complexity index is 668. The van der Waals surface area contributed by atoms with Gasteiger partial charge in [-0.2, -0.15) is 0 Å². The van der Waals surface area contributed by atoms with E-state index in [1.165, 1.54) is 18.4 Å². The van der Waals surface area contributed by atoms with Gasteiger partial charge in [-0.05, 0) is 31.0 Å². The summed E-state index contributed by atoms with van der Waals surface area (Å²) in [5.74, 6) is 0.955. The van der Waals surface area contributed by atoms with Crippen LogP contribution in [0.4, 0.5) is 5.82 Å². The Balaban J connectivity index is 1.49. The van der Waals surface area contributed by atoms with Crippen molar-refractivity contribution in [1.29, 1.82) is 0 Å². The van der Waals surface area contributed by atoms with Gasteiger partial charge in [0.1, 0.15) is 5.82 Å². The lowest BCUT2D eigenvalue weighted by molar-refractivity contribution is 0.0106. The summed E-state index contributed by atoms with van der Waals surface area (Å²) in [6, 6.07) is 4.17. The average Bonchev–Trinajstić information content (AvgIpc) is 2.86. The van der Waals surface area contributed by atoms with E-state index in [9.17, 15) is 0 Å². The van der Waals surface area contributed by atoms with Crippen molar-refractivity contribution in [3.63, 3.8) is 0 Å². The molecule has 0 aromatic carbocycles. The lowest BCUT2D eigenvalue weighted by Crippen LogP contribution is -2.50. The molecule has 2 aliphatic rings. The molecule has 0 saturated carbocycles. The zero-order valence-electron chi connectivity index (χ0n) is 14.5. The molecule has 25 heavy (non-hydrogen) atoms. The van der Waals surface area contributed by atoms with E-state index in [2.05, 4.69) is 30.8 Å². The van der Waals surface area contributed by atoms with Gasteiger partial charge in [0.25, 0.3) is 0 Å². The number of ether oxygens (including phenoxy) is 1. The highest BCUT2D eigenvalue weighted by molar-refractivity contribution is 5.36. The molecule has 0 amide bonds. The van der Waals surface area contributed by atoms with Crippen LogP contribution in [0.15, 0.2) is 43.1 Å². The predicted octanol–water partition coefficient (Wildman–Crippen LogP) is 1.99. The summed E-state index contributed by atoms with van der Waals surface area (Å²) < 4.78 is 6.01. The van der Waals surface area contributed by atoms with Gasteiger partial charge in [-0.1, -0.05) is 6.07 Å². The fourth-order valence-electron chi connectivity index (χ4n) is 4.08. The van der Waals surface area contributed by atoms with Crippen molar-refractivity contribution in [2.24, 2.45) is 5.41 Å². The van der Waals surface area contributed by atoms with Gasteiger partial charge in [-0.3, -0.25) is 14.9 Å². The van der Waals surface area contributed by atoms with Crippen molar-refractivity contribution < 1.29 is 4.74 Å². The van der Waals surface area contributed by atoms with Gasteiger partial charge in [0.05, 0.1) is 19.4 Å². The van der Waals surface area contributed by atoms with Crippen LogP contribution < -0.4 is 4.90 Å². The SMILES string of the molecule is c1cncc(CN2CCC[C@@]3(COCCN(c4cnccn4)C3)C2)c1. The fraction of sp³-hybridized carbons (Fsp3) is 0.526. The number of hydrogen-bond acceptors (Lipinski definition) is 6. The number of pyridine rings is 1. The van der Waals surface area contributed by atoms with Crippen molar-refractivity contribution in [2.45, 2.75) is 19.4 Å². The van der Waals surface area contributed by atoms with Crippen molar-refractivity contribution >= 4 is 5.82 Å². The van der Waals surface area contributed by atoms with E-state index in [4.69, 9.17) is 4.74 Å². The second-order valence-electron chi connectivity index (χ2n) is 7.21. The quantitative estimate of drug-likeness (QED) is 0.852. The van der Waals surface area contributed by atoms with Crippen LogP contribution in [0.2, 0.25) is 0 Å². The highest BCUT2D eigenvalue weighted by atomic mass is 16.5. The third-order valence-electron chi connectivity index (χ3n) is 5.18. The summed E-state index contributed by atoms with van der Waals surface area (Å²) in [5, 5.41) is 0. The summed E-state index contributed by atoms with van der Waals surface area (Å²) in [6.07, 6.45) is 11.6. The van der Waals surface area contributed by atoms with E-state index in [1.54, 1.807) is 12.4 Å². The average molecular weight is 339 g/mol. The van der Waals surface area contributed by atoms with Gasteiger partial charge in [0.2, 0.25) is 0 Å². The van der Waals surface area contributed by atoms with E-state index < -0.39 is 0 Å². The van der Waals surface area contributed by atoms with E-state index >= 15 is 0 Å². The number of aromatic nitrogens is 3. The minimum Gasteiger partial charge on any atom is -0.379 e. The van der Waals surface area contributed by atoms with Gasteiger partial charge >= 0.3 is 0 Å². The molecule has 0 aliphatic carbocycles. The third kappa shape index (κ3) is 3.96. The number of rotatable bonds is 3. The number of nitrogens with zero attached hydrogens (tertiary/aromatic N) is 5. The van der Waals surface area contributed by atoms with E-state index in [0.717, 1.165) is 51.8 Å². The van der Waals surface area contributed by atoms with Crippen LogP contribution in [0, 0.1) is 5.41 Å². The fourth-order valence-corrected chi connectivity index (χ4v) is 4.08. The Kier molecular flexibility index (Phi) is 4.90. The Morgan fingerprint density at radius 1 is 1.08 bits per heavy atom. The molecule has 2 aromatic heterocycles. The molecule has 2 fully saturated rings. The normalized spacial score (nSPS) is 25.0. The van der Waals surface area contributed by atoms with Crippen molar-refractivity contribution in [1.82, 2.24) is 19.9 Å². The van der Waals surface area contributed by atoms with Crippen LogP contribution in [0.5, 0.6) is 0 Å². The first-order chi connectivity index (χ1) is 12.3. The number of hydrogen-bond donors (Lipinski definition) is 0. The van der Waals surface area contributed by atoms with Crippen LogP contribution in [-0.2, 0) is 11.3 Å². The number of likely N-dealkylation sites (tertiary alicyclic amines) is 1. The van der Waals surface area contributed by atoms with Crippen LogP contribution in [-0.4, -0.2) is 59.2 Å². The monoisotopic (exact) mass is 339 g/mol. The lowest BCUT2D eigenvalue weighted by atomic mass is 9.80. The number of piperidine rings is 1.